The van der Waals surface area contributed by atoms with Crippen molar-refractivity contribution in [1.82, 2.24) is 9.80 Å². The molecule has 6 nitrogen and oxygen atoms in total. The number of unbranched alkanes of at least 4 members (excludes halogenated alkanes) is 1. The quantitative estimate of drug-likeness (QED) is 0.636. The van der Waals surface area contributed by atoms with Gasteiger partial charge in [0, 0.05) is 56.2 Å². The van der Waals surface area contributed by atoms with E-state index in [4.69, 9.17) is 14.2 Å². The molecule has 0 amide bonds. The first kappa shape index (κ1) is 21.1. The van der Waals surface area contributed by atoms with Crippen LogP contribution in [0.15, 0.2) is 24.3 Å². The fraction of sp³-hybridized carbons (Fsp3) is 0.739. The van der Waals surface area contributed by atoms with Gasteiger partial charge in [-0.25, -0.2) is 0 Å². The molecule has 1 aromatic carbocycles. The van der Waals surface area contributed by atoms with E-state index in [0.29, 0.717) is 5.92 Å². The van der Waals surface area contributed by atoms with Gasteiger partial charge in [-0.3, -0.25) is 9.80 Å². The van der Waals surface area contributed by atoms with Gasteiger partial charge in [0.25, 0.3) is 0 Å². The third-order valence-electron chi connectivity index (χ3n) is 6.86. The minimum absolute atomic E-state index is 0.0214. The Bertz CT molecular complexity index is 637. The summed E-state index contributed by atoms with van der Waals surface area (Å²) in [5.41, 5.74) is 1.27. The zero-order valence-corrected chi connectivity index (χ0v) is 17.6. The second-order valence-electron chi connectivity index (χ2n) is 8.83. The molecule has 3 fully saturated rings. The van der Waals surface area contributed by atoms with Crippen LogP contribution >= 0.6 is 0 Å². The molecule has 1 N–H and O–H groups in total. The number of likely N-dealkylation sites (tertiary alicyclic amines) is 1. The van der Waals surface area contributed by atoms with Crippen molar-refractivity contribution in [2.45, 2.75) is 25.8 Å². The van der Waals surface area contributed by atoms with Crippen LogP contribution in [-0.4, -0.2) is 87.3 Å². The van der Waals surface area contributed by atoms with E-state index in [1.54, 1.807) is 0 Å². The van der Waals surface area contributed by atoms with Crippen molar-refractivity contribution in [3.63, 3.8) is 0 Å². The highest BCUT2D eigenvalue weighted by molar-refractivity contribution is 5.33. The van der Waals surface area contributed by atoms with E-state index >= 15 is 0 Å². The molecule has 3 aliphatic heterocycles. The third-order valence-corrected chi connectivity index (χ3v) is 6.86. The minimum Gasteiger partial charge on any atom is -0.493 e. The molecule has 3 saturated heterocycles. The Morgan fingerprint density at radius 3 is 2.76 bits per heavy atom. The Hall–Kier alpha value is -1.18. The second kappa shape index (κ2) is 10.2. The number of fused-ring (bicyclic) bond motifs is 1. The number of benzene rings is 1. The van der Waals surface area contributed by atoms with Crippen LogP contribution in [0.1, 0.15) is 24.8 Å². The summed E-state index contributed by atoms with van der Waals surface area (Å²) in [6.07, 6.45) is 3.20. The number of hydrogen-bond acceptors (Lipinski definition) is 6. The summed E-state index contributed by atoms with van der Waals surface area (Å²) in [5.74, 6) is 1.44. The molecular formula is C23H36N2O4. The van der Waals surface area contributed by atoms with Gasteiger partial charge in [-0.05, 0) is 31.9 Å². The number of para-hydroxylation sites is 1. The largest absolute Gasteiger partial charge is 0.493 e. The van der Waals surface area contributed by atoms with Crippen LogP contribution in [0.25, 0.3) is 0 Å². The molecular weight excluding hydrogens is 368 g/mol. The topological polar surface area (TPSA) is 54.4 Å². The molecule has 29 heavy (non-hydrogen) atoms. The molecule has 3 heterocycles. The van der Waals surface area contributed by atoms with Gasteiger partial charge in [-0.1, -0.05) is 18.2 Å². The third kappa shape index (κ3) is 5.30. The molecule has 0 radical (unpaired) electrons. The molecule has 3 aliphatic rings. The lowest BCUT2D eigenvalue weighted by molar-refractivity contribution is -0.0417. The summed E-state index contributed by atoms with van der Waals surface area (Å²) in [7, 11) is 0. The molecule has 0 spiro atoms. The molecule has 2 atom stereocenters. The van der Waals surface area contributed by atoms with E-state index in [9.17, 15) is 5.11 Å². The van der Waals surface area contributed by atoms with Crippen LogP contribution in [0.4, 0.5) is 0 Å². The Morgan fingerprint density at radius 2 is 1.93 bits per heavy atom. The Morgan fingerprint density at radius 1 is 1.07 bits per heavy atom. The highest BCUT2D eigenvalue weighted by Crippen LogP contribution is 2.42. The van der Waals surface area contributed by atoms with Crippen LogP contribution < -0.4 is 4.74 Å². The molecule has 162 valence electrons. The number of morpholine rings is 1. The minimum atomic E-state index is 0.0214. The zero-order valence-electron chi connectivity index (χ0n) is 17.6. The molecule has 0 aliphatic carbocycles. The van der Waals surface area contributed by atoms with Gasteiger partial charge in [-0.15, -0.1) is 0 Å². The Kier molecular flexibility index (Phi) is 7.43. The molecule has 1 aromatic rings. The van der Waals surface area contributed by atoms with E-state index in [1.165, 1.54) is 5.56 Å². The smallest absolute Gasteiger partial charge is 0.123 e. The SMILES string of the molecule is OC[C@]12CCOC[C@H]1CN(Cc1ccccc1OCCCCN1CCOCC1)C2. The number of hydrogen-bond donors (Lipinski definition) is 1. The lowest BCUT2D eigenvalue weighted by Crippen LogP contribution is -2.41. The fourth-order valence-electron chi connectivity index (χ4n) is 5.00. The maximum atomic E-state index is 10.0. The first-order chi connectivity index (χ1) is 14.3. The monoisotopic (exact) mass is 404 g/mol. The highest BCUT2D eigenvalue weighted by Gasteiger charge is 2.47. The maximum Gasteiger partial charge on any atom is 0.123 e. The molecule has 0 aromatic heterocycles. The standard InChI is InChI=1S/C23H36N2O4/c26-19-23-7-12-28-17-21(23)16-25(18-23)15-20-5-1-2-6-22(20)29-11-4-3-8-24-9-13-27-14-10-24/h1-2,5-6,21,26H,3-4,7-19H2/t21-,23-/m1/s1. The average Bonchev–Trinajstić information content (AvgIpc) is 3.14. The normalized spacial score (nSPS) is 28.4. The zero-order chi connectivity index (χ0) is 19.9. The van der Waals surface area contributed by atoms with Crippen LogP contribution in [0.2, 0.25) is 0 Å². The number of rotatable bonds is 9. The number of nitrogens with zero attached hydrogens (tertiary/aromatic N) is 2. The summed E-state index contributed by atoms with van der Waals surface area (Å²) in [6, 6.07) is 8.41. The van der Waals surface area contributed by atoms with Crippen LogP contribution in [0, 0.1) is 11.3 Å². The number of aliphatic hydroxyl groups is 1. The molecule has 6 heteroatoms. The highest BCUT2D eigenvalue weighted by atomic mass is 16.5. The van der Waals surface area contributed by atoms with Crippen LogP contribution in [0.3, 0.4) is 0 Å². The van der Waals surface area contributed by atoms with Gasteiger partial charge in [-0.2, -0.15) is 0 Å². The van der Waals surface area contributed by atoms with Crippen LogP contribution in [0.5, 0.6) is 5.75 Å². The van der Waals surface area contributed by atoms with Gasteiger partial charge < -0.3 is 19.3 Å². The lowest BCUT2D eigenvalue weighted by atomic mass is 9.75. The van der Waals surface area contributed by atoms with E-state index in [2.05, 4.69) is 34.1 Å². The van der Waals surface area contributed by atoms with Gasteiger partial charge >= 0.3 is 0 Å². The summed E-state index contributed by atoms with van der Waals surface area (Å²) < 4.78 is 17.2. The van der Waals surface area contributed by atoms with Crippen molar-refractivity contribution in [3.05, 3.63) is 29.8 Å². The molecule has 0 saturated carbocycles. The lowest BCUT2D eigenvalue weighted by Gasteiger charge is -2.36. The Balaban J connectivity index is 1.25. The van der Waals surface area contributed by atoms with Crippen molar-refractivity contribution in [2.75, 3.05) is 72.4 Å². The molecule has 4 rings (SSSR count). The predicted octanol–water partition coefficient (Wildman–Crippen LogP) is 2.01. The van der Waals surface area contributed by atoms with Gasteiger partial charge in [0.05, 0.1) is 33.0 Å². The first-order valence-corrected chi connectivity index (χ1v) is 11.2. The van der Waals surface area contributed by atoms with Crippen molar-refractivity contribution >= 4 is 0 Å². The Labute approximate surface area is 174 Å². The number of aliphatic hydroxyl groups excluding tert-OH is 1. The summed E-state index contributed by atoms with van der Waals surface area (Å²) in [5, 5.41) is 10.0. The molecule has 0 bridgehead atoms. The van der Waals surface area contributed by atoms with E-state index in [-0.39, 0.29) is 12.0 Å². The predicted molar refractivity (Wildman–Crippen MR) is 112 cm³/mol. The van der Waals surface area contributed by atoms with Crippen molar-refractivity contribution in [1.29, 1.82) is 0 Å². The first-order valence-electron chi connectivity index (χ1n) is 11.2. The average molecular weight is 405 g/mol. The molecule has 0 unspecified atom stereocenters. The van der Waals surface area contributed by atoms with Gasteiger partial charge in [0.1, 0.15) is 5.75 Å². The fourth-order valence-corrected chi connectivity index (χ4v) is 5.00. The van der Waals surface area contributed by atoms with E-state index in [1.807, 2.05) is 0 Å². The van der Waals surface area contributed by atoms with Crippen molar-refractivity contribution in [2.24, 2.45) is 11.3 Å². The van der Waals surface area contributed by atoms with Gasteiger partial charge in [0.2, 0.25) is 0 Å². The summed E-state index contributed by atoms with van der Waals surface area (Å²) in [6.45, 7) is 10.4. The van der Waals surface area contributed by atoms with Crippen molar-refractivity contribution in [3.8, 4) is 5.75 Å². The van der Waals surface area contributed by atoms with Gasteiger partial charge in [0.15, 0.2) is 0 Å². The van der Waals surface area contributed by atoms with E-state index < -0.39 is 0 Å². The number of ether oxygens (including phenoxy) is 3. The summed E-state index contributed by atoms with van der Waals surface area (Å²) in [4.78, 5) is 4.95. The maximum absolute atomic E-state index is 10.0. The summed E-state index contributed by atoms with van der Waals surface area (Å²) >= 11 is 0. The van der Waals surface area contributed by atoms with Crippen LogP contribution in [-0.2, 0) is 16.0 Å². The van der Waals surface area contributed by atoms with Crippen molar-refractivity contribution < 1.29 is 19.3 Å². The van der Waals surface area contributed by atoms with E-state index in [0.717, 1.165) is 97.3 Å². The second-order valence-corrected chi connectivity index (χ2v) is 8.83.